The second-order valence-electron chi connectivity index (χ2n) is 14.4. The van der Waals surface area contributed by atoms with Crippen LogP contribution in [0.15, 0.2) is 99.4 Å². The number of hydrogen-bond acceptors (Lipinski definition) is 8. The Labute approximate surface area is 309 Å². The van der Waals surface area contributed by atoms with Crippen molar-refractivity contribution in [2.24, 2.45) is 0 Å². The molecule has 4 heterocycles. The number of benzene rings is 3. The molecular weight excluding hydrogens is 688 g/mol. The maximum atomic E-state index is 14.6. The van der Waals surface area contributed by atoms with Crippen LogP contribution in [0.3, 0.4) is 0 Å². The number of carbonyl (C=O) groups is 1. The number of pyridine rings is 1. The van der Waals surface area contributed by atoms with Crippen LogP contribution >= 0.6 is 0 Å². The Hall–Kier alpha value is -5.79. The third kappa shape index (κ3) is 7.12. The number of amides is 1. The van der Waals surface area contributed by atoms with Crippen LogP contribution in [-0.2, 0) is 6.54 Å². The van der Waals surface area contributed by atoms with Crippen molar-refractivity contribution in [3.05, 3.63) is 133 Å². The van der Waals surface area contributed by atoms with Crippen LogP contribution in [0.2, 0.25) is 0 Å². The van der Waals surface area contributed by atoms with E-state index in [0.717, 1.165) is 62.5 Å². The predicted molar refractivity (Wildman–Crippen MR) is 206 cm³/mol. The van der Waals surface area contributed by atoms with E-state index in [1.54, 1.807) is 30.3 Å². The molecule has 6 aromatic rings. The molecule has 12 nitrogen and oxygen atoms in total. The second kappa shape index (κ2) is 14.9. The van der Waals surface area contributed by atoms with E-state index in [4.69, 9.17) is 0 Å². The molecule has 0 bridgehead atoms. The molecular formula is C41H41FN8O4. The van der Waals surface area contributed by atoms with Gasteiger partial charge in [0.1, 0.15) is 5.82 Å². The van der Waals surface area contributed by atoms with E-state index < -0.39 is 34.6 Å². The molecule has 54 heavy (non-hydrogen) atoms. The molecule has 0 unspecified atom stereocenters. The lowest BCUT2D eigenvalue weighted by Gasteiger charge is -2.30. The Balaban J connectivity index is 1.05. The topological polar surface area (TPSA) is 138 Å². The third-order valence-electron chi connectivity index (χ3n) is 10.7. The first kappa shape index (κ1) is 35.3. The van der Waals surface area contributed by atoms with E-state index in [0.29, 0.717) is 42.4 Å². The van der Waals surface area contributed by atoms with E-state index in [1.165, 1.54) is 14.7 Å². The van der Waals surface area contributed by atoms with Crippen LogP contribution in [0.5, 0.6) is 0 Å². The number of aromatic nitrogens is 5. The van der Waals surface area contributed by atoms with E-state index >= 15 is 0 Å². The first-order chi connectivity index (χ1) is 26.2. The van der Waals surface area contributed by atoms with Crippen molar-refractivity contribution in [1.29, 1.82) is 0 Å². The zero-order valence-electron chi connectivity index (χ0n) is 30.0. The molecule has 3 aromatic carbocycles. The van der Waals surface area contributed by atoms with E-state index in [1.807, 2.05) is 18.2 Å². The molecule has 0 atom stereocenters. The number of carbonyl (C=O) groups excluding carboxylic acids is 1. The molecule has 2 fully saturated rings. The van der Waals surface area contributed by atoms with Gasteiger partial charge in [-0.3, -0.25) is 23.9 Å². The van der Waals surface area contributed by atoms with Gasteiger partial charge in [0.05, 0.1) is 28.3 Å². The minimum Gasteiger partial charge on any atom is -0.348 e. The fourth-order valence-corrected chi connectivity index (χ4v) is 7.80. The number of hydrogen-bond donors (Lipinski definition) is 2. The minimum absolute atomic E-state index is 0.00101. The molecule has 13 heteroatoms. The van der Waals surface area contributed by atoms with Gasteiger partial charge in [-0.1, -0.05) is 48.5 Å². The number of nitrogens with one attached hydrogen (secondary N) is 2. The molecule has 2 N–H and O–H groups in total. The summed E-state index contributed by atoms with van der Waals surface area (Å²) >= 11 is 0. The average Bonchev–Trinajstić information content (AvgIpc) is 3.39. The Bertz CT molecular complexity index is 2540. The highest BCUT2D eigenvalue weighted by molar-refractivity contribution is 5.93. The summed E-state index contributed by atoms with van der Waals surface area (Å²) in [4.78, 5) is 70.1. The second-order valence-corrected chi connectivity index (χ2v) is 14.4. The molecule has 1 aliphatic heterocycles. The lowest BCUT2D eigenvalue weighted by molar-refractivity contribution is 0.0915. The summed E-state index contributed by atoms with van der Waals surface area (Å²) in [5.74, 6) is -1.27. The van der Waals surface area contributed by atoms with Gasteiger partial charge in [-0.25, -0.2) is 23.7 Å². The van der Waals surface area contributed by atoms with Gasteiger partial charge in [0.15, 0.2) is 11.3 Å². The van der Waals surface area contributed by atoms with Crippen molar-refractivity contribution < 1.29 is 9.18 Å². The molecule has 1 aliphatic carbocycles. The van der Waals surface area contributed by atoms with Gasteiger partial charge in [0, 0.05) is 31.7 Å². The quantitative estimate of drug-likeness (QED) is 0.243. The number of H-pyrrole nitrogens is 1. The fourth-order valence-electron chi connectivity index (χ4n) is 7.80. The van der Waals surface area contributed by atoms with Gasteiger partial charge in [-0.15, -0.1) is 0 Å². The van der Waals surface area contributed by atoms with E-state index in [2.05, 4.69) is 61.4 Å². The number of nitrogens with zero attached hydrogens (tertiary/aromatic N) is 6. The molecule has 276 valence electrons. The molecule has 1 saturated heterocycles. The summed E-state index contributed by atoms with van der Waals surface area (Å²) in [6.07, 6.45) is 3.86. The van der Waals surface area contributed by atoms with Crippen molar-refractivity contribution in [2.75, 3.05) is 33.2 Å². The lowest BCUT2D eigenvalue weighted by atomic mass is 9.90. The molecule has 0 spiro atoms. The maximum absolute atomic E-state index is 14.6. The third-order valence-corrected chi connectivity index (χ3v) is 10.7. The monoisotopic (exact) mass is 728 g/mol. The minimum atomic E-state index is -0.680. The molecule has 8 rings (SSSR count). The summed E-state index contributed by atoms with van der Waals surface area (Å²) in [6, 6.07) is 23.2. The number of likely N-dealkylation sites (N-methyl/N-ethyl adjacent to an activating group) is 1. The first-order valence-corrected chi connectivity index (χ1v) is 18.5. The lowest BCUT2D eigenvalue weighted by Crippen LogP contribution is -2.45. The van der Waals surface area contributed by atoms with Crippen LogP contribution in [0.1, 0.15) is 54.2 Å². The highest BCUT2D eigenvalue weighted by atomic mass is 19.1. The zero-order chi connectivity index (χ0) is 37.3. The molecule has 0 radical (unpaired) electrons. The normalized spacial score (nSPS) is 18.5. The van der Waals surface area contributed by atoms with Gasteiger partial charge in [0.25, 0.3) is 17.0 Å². The van der Waals surface area contributed by atoms with E-state index in [9.17, 15) is 23.6 Å². The Morgan fingerprint density at radius 1 is 0.889 bits per heavy atom. The highest BCUT2D eigenvalue weighted by Crippen LogP contribution is 2.29. The van der Waals surface area contributed by atoms with Gasteiger partial charge in [0.2, 0.25) is 0 Å². The van der Waals surface area contributed by atoms with Crippen LogP contribution in [0.25, 0.3) is 38.9 Å². The average molecular weight is 729 g/mol. The van der Waals surface area contributed by atoms with Crippen LogP contribution in [0, 0.1) is 5.82 Å². The molecule has 1 saturated carbocycles. The van der Waals surface area contributed by atoms with Gasteiger partial charge in [-0.2, -0.15) is 0 Å². The van der Waals surface area contributed by atoms with Crippen molar-refractivity contribution in [3.8, 4) is 16.8 Å². The molecule has 1 amide bonds. The standard InChI is InChI=1S/C41H41FN8O4/c1-47-18-5-19-48(21-20-47)25-26-10-12-27(13-11-26)28-6-4-7-32(22-28)49-37-33(23-29(42)24-43-37)40(53)50(41(49)54)31-16-14-30(15-17-31)44-38(51)36-39(52)46-35-9-3-2-8-34(35)45-36/h2-4,6-13,22-24,30-31H,5,14-21,25H2,1H3,(H,44,51)(H,46,52). The van der Waals surface area contributed by atoms with Crippen LogP contribution in [0.4, 0.5) is 4.39 Å². The number of aromatic amines is 1. The smallest absolute Gasteiger partial charge is 0.337 e. The van der Waals surface area contributed by atoms with Gasteiger partial charge < -0.3 is 15.2 Å². The predicted octanol–water partition coefficient (Wildman–Crippen LogP) is 4.64. The number of fused-ring (bicyclic) bond motifs is 2. The van der Waals surface area contributed by atoms with Crippen molar-refractivity contribution >= 4 is 28.0 Å². The van der Waals surface area contributed by atoms with Gasteiger partial charge in [-0.05, 0) is 99.3 Å². The number of halogens is 1. The van der Waals surface area contributed by atoms with Crippen LogP contribution < -0.4 is 22.1 Å². The SMILES string of the molecule is CN1CCCN(Cc2ccc(-c3cccc(-n4c(=O)n(C5CCC(NC(=O)c6nc7ccccc7[nH]c6=O)CC5)c(=O)c5cc(F)cnc54)c3)cc2)CC1. The molecule has 3 aromatic heterocycles. The largest absolute Gasteiger partial charge is 0.348 e. The Morgan fingerprint density at radius 3 is 2.50 bits per heavy atom. The van der Waals surface area contributed by atoms with Gasteiger partial charge >= 0.3 is 5.69 Å². The summed E-state index contributed by atoms with van der Waals surface area (Å²) in [6.45, 7) is 5.16. The van der Waals surface area contributed by atoms with Crippen molar-refractivity contribution in [2.45, 2.75) is 50.7 Å². The summed E-state index contributed by atoms with van der Waals surface area (Å²) in [5, 5.41) is 2.91. The Morgan fingerprint density at radius 2 is 1.69 bits per heavy atom. The summed E-state index contributed by atoms with van der Waals surface area (Å²) < 4.78 is 17.2. The van der Waals surface area contributed by atoms with E-state index in [-0.39, 0.29) is 22.8 Å². The maximum Gasteiger partial charge on any atom is 0.337 e. The first-order valence-electron chi connectivity index (χ1n) is 18.5. The fraction of sp³-hybridized carbons (Fsp3) is 0.317. The number of para-hydroxylation sites is 2. The van der Waals surface area contributed by atoms with Crippen molar-refractivity contribution in [1.82, 2.24) is 39.2 Å². The molecule has 2 aliphatic rings. The van der Waals surface area contributed by atoms with Crippen molar-refractivity contribution in [3.63, 3.8) is 0 Å². The van der Waals surface area contributed by atoms with Crippen LogP contribution in [-0.4, -0.2) is 79.1 Å². The Kier molecular flexibility index (Phi) is 9.74. The zero-order valence-corrected chi connectivity index (χ0v) is 30.0. The highest BCUT2D eigenvalue weighted by Gasteiger charge is 2.29. The summed E-state index contributed by atoms with van der Waals surface area (Å²) in [5.41, 5.74) is 2.71. The summed E-state index contributed by atoms with van der Waals surface area (Å²) in [7, 11) is 2.16. The number of rotatable bonds is 7.